The van der Waals surface area contributed by atoms with Gasteiger partial charge in [0.05, 0.1) is 12.6 Å². The summed E-state index contributed by atoms with van der Waals surface area (Å²) in [7, 11) is 1.85. The summed E-state index contributed by atoms with van der Waals surface area (Å²) in [5.41, 5.74) is 0.924. The number of benzene rings is 1. The fourth-order valence-electron chi connectivity index (χ4n) is 4.08. The highest BCUT2D eigenvalue weighted by Gasteiger charge is 2.51. The van der Waals surface area contributed by atoms with Gasteiger partial charge in [0.1, 0.15) is 11.9 Å². The van der Waals surface area contributed by atoms with Gasteiger partial charge in [-0.2, -0.15) is 8.78 Å². The third kappa shape index (κ3) is 3.69. The summed E-state index contributed by atoms with van der Waals surface area (Å²) in [5.74, 6) is 1.07. The predicted molar refractivity (Wildman–Crippen MR) is 90.9 cm³/mol. The minimum atomic E-state index is -2.82. The molecular formula is C19H24F2N2O3. The summed E-state index contributed by atoms with van der Waals surface area (Å²) in [4.78, 5) is 16.5. The van der Waals surface area contributed by atoms with Gasteiger partial charge in [0, 0.05) is 32.6 Å². The van der Waals surface area contributed by atoms with Crippen molar-refractivity contribution in [3.8, 4) is 5.75 Å². The van der Waals surface area contributed by atoms with Crippen LogP contribution in [0, 0.1) is 11.8 Å². The van der Waals surface area contributed by atoms with E-state index in [1.54, 1.807) is 12.1 Å². The topological polar surface area (TPSA) is 42.0 Å². The van der Waals surface area contributed by atoms with Crippen molar-refractivity contribution in [3.63, 3.8) is 0 Å². The number of alkyl halides is 2. The monoisotopic (exact) mass is 366 g/mol. The number of carbonyl (C=O) groups excluding carboxylic acids is 1. The van der Waals surface area contributed by atoms with Crippen LogP contribution in [0.1, 0.15) is 18.4 Å². The van der Waals surface area contributed by atoms with E-state index in [2.05, 4.69) is 9.64 Å². The second kappa shape index (κ2) is 7.12. The van der Waals surface area contributed by atoms with E-state index < -0.39 is 6.61 Å². The summed E-state index contributed by atoms with van der Waals surface area (Å²) >= 11 is 0. The average Bonchev–Trinajstić information content (AvgIpc) is 3.29. The Hall–Kier alpha value is -1.73. The Bertz CT molecular complexity index is 668. The quantitative estimate of drug-likeness (QED) is 0.743. The molecule has 0 spiro atoms. The number of ether oxygens (including phenoxy) is 2. The minimum absolute atomic E-state index is 0.0904. The third-order valence-corrected chi connectivity index (χ3v) is 5.62. The molecule has 0 aromatic heterocycles. The smallest absolute Gasteiger partial charge is 0.387 e. The standard InChI is InChI=1S/C19H24F2N2O3/c1-22-16-10-23(8-13-3-2-4-14(7-13)26-19(20)21)9-15(16)17(18(22)24)25-11-12-5-6-12/h2-4,7,12,15-17,19H,5-6,8-11H2,1H3/t15-,16+,17-/m0/s1. The third-order valence-electron chi connectivity index (χ3n) is 5.62. The molecule has 2 saturated heterocycles. The minimum Gasteiger partial charge on any atom is -0.435 e. The first kappa shape index (κ1) is 17.7. The van der Waals surface area contributed by atoms with Crippen LogP contribution in [-0.4, -0.2) is 61.2 Å². The number of carbonyl (C=O) groups is 1. The van der Waals surface area contributed by atoms with Crippen molar-refractivity contribution < 1.29 is 23.0 Å². The maximum Gasteiger partial charge on any atom is 0.387 e. The Kier molecular flexibility index (Phi) is 4.84. The molecule has 1 aromatic rings. The number of hydrogen-bond acceptors (Lipinski definition) is 4. The lowest BCUT2D eigenvalue weighted by atomic mass is 10.0. The summed E-state index contributed by atoms with van der Waals surface area (Å²) < 4.78 is 35.2. The molecule has 1 aromatic carbocycles. The molecule has 3 fully saturated rings. The molecule has 0 unspecified atom stereocenters. The molecule has 1 aliphatic carbocycles. The summed E-state index contributed by atoms with van der Waals surface area (Å²) in [5, 5.41) is 0. The molecule has 0 N–H and O–H groups in total. The van der Waals surface area contributed by atoms with Crippen molar-refractivity contribution in [2.75, 3.05) is 26.7 Å². The van der Waals surface area contributed by atoms with Gasteiger partial charge in [0.2, 0.25) is 0 Å². The molecule has 4 rings (SSSR count). The van der Waals surface area contributed by atoms with E-state index in [4.69, 9.17) is 4.74 Å². The molecule has 26 heavy (non-hydrogen) atoms. The Labute approximate surface area is 151 Å². The normalized spacial score (nSPS) is 28.8. The SMILES string of the molecule is CN1C(=O)[C@@H](OCC2CC2)[C@H]2CN(Cc3cccc(OC(F)F)c3)C[C@H]21. The van der Waals surface area contributed by atoms with Crippen molar-refractivity contribution >= 4 is 5.91 Å². The fraction of sp³-hybridized carbons (Fsp3) is 0.632. The molecule has 1 saturated carbocycles. The van der Waals surface area contributed by atoms with Gasteiger partial charge in [-0.25, -0.2) is 0 Å². The van der Waals surface area contributed by atoms with E-state index in [1.807, 2.05) is 18.0 Å². The fourth-order valence-corrected chi connectivity index (χ4v) is 4.08. The second-order valence-corrected chi connectivity index (χ2v) is 7.60. The molecule has 3 aliphatic rings. The summed E-state index contributed by atoms with van der Waals surface area (Å²) in [6.07, 6.45) is 2.06. The highest BCUT2D eigenvalue weighted by molar-refractivity contribution is 5.84. The lowest BCUT2D eigenvalue weighted by molar-refractivity contribution is -0.138. The molecule has 0 bridgehead atoms. The van der Waals surface area contributed by atoms with Gasteiger partial charge in [-0.3, -0.25) is 9.69 Å². The van der Waals surface area contributed by atoms with E-state index in [0.29, 0.717) is 19.1 Å². The highest BCUT2D eigenvalue weighted by Crippen LogP contribution is 2.36. The van der Waals surface area contributed by atoms with E-state index in [9.17, 15) is 13.6 Å². The number of rotatable bonds is 7. The van der Waals surface area contributed by atoms with Gasteiger partial charge < -0.3 is 14.4 Å². The van der Waals surface area contributed by atoms with Gasteiger partial charge >= 0.3 is 6.61 Å². The van der Waals surface area contributed by atoms with Crippen LogP contribution in [0.5, 0.6) is 5.75 Å². The number of halogens is 2. The van der Waals surface area contributed by atoms with E-state index >= 15 is 0 Å². The molecule has 2 heterocycles. The van der Waals surface area contributed by atoms with Crippen LogP contribution in [0.4, 0.5) is 8.78 Å². The number of likely N-dealkylation sites (N-methyl/N-ethyl adjacent to an activating group) is 1. The molecule has 3 atom stereocenters. The molecule has 5 nitrogen and oxygen atoms in total. The Morgan fingerprint density at radius 3 is 2.81 bits per heavy atom. The van der Waals surface area contributed by atoms with Crippen LogP contribution >= 0.6 is 0 Å². The maximum absolute atomic E-state index is 12.5. The lowest BCUT2D eigenvalue weighted by Crippen LogP contribution is -2.37. The summed E-state index contributed by atoms with van der Waals surface area (Å²) in [6, 6.07) is 6.97. The van der Waals surface area contributed by atoms with Gasteiger partial charge in [-0.15, -0.1) is 0 Å². The van der Waals surface area contributed by atoms with Crippen LogP contribution in [0.3, 0.4) is 0 Å². The second-order valence-electron chi connectivity index (χ2n) is 7.60. The number of likely N-dealkylation sites (tertiary alicyclic amines) is 2. The first-order valence-electron chi connectivity index (χ1n) is 9.15. The van der Waals surface area contributed by atoms with Crippen molar-refractivity contribution in [1.29, 1.82) is 0 Å². The van der Waals surface area contributed by atoms with Gasteiger partial charge in [0.25, 0.3) is 5.91 Å². The molecule has 0 radical (unpaired) electrons. The zero-order valence-electron chi connectivity index (χ0n) is 14.8. The van der Waals surface area contributed by atoms with E-state index in [-0.39, 0.29) is 29.7 Å². The number of fused-ring (bicyclic) bond motifs is 1. The first-order chi connectivity index (χ1) is 12.5. The zero-order chi connectivity index (χ0) is 18.3. The molecule has 1 amide bonds. The van der Waals surface area contributed by atoms with Crippen LogP contribution in [0.25, 0.3) is 0 Å². The summed E-state index contributed by atoms with van der Waals surface area (Å²) in [6.45, 7) is 0.0534. The van der Waals surface area contributed by atoms with E-state index in [1.165, 1.54) is 18.9 Å². The number of nitrogens with zero attached hydrogens (tertiary/aromatic N) is 2. The maximum atomic E-state index is 12.5. The first-order valence-corrected chi connectivity index (χ1v) is 9.15. The largest absolute Gasteiger partial charge is 0.435 e. The van der Waals surface area contributed by atoms with E-state index in [0.717, 1.165) is 18.7 Å². The number of amides is 1. The van der Waals surface area contributed by atoms with Crippen LogP contribution in [0.15, 0.2) is 24.3 Å². The Morgan fingerprint density at radius 2 is 2.08 bits per heavy atom. The van der Waals surface area contributed by atoms with Gasteiger partial charge in [-0.1, -0.05) is 12.1 Å². The van der Waals surface area contributed by atoms with Crippen molar-refractivity contribution in [1.82, 2.24) is 9.80 Å². The van der Waals surface area contributed by atoms with Crippen LogP contribution < -0.4 is 4.74 Å². The number of hydrogen-bond donors (Lipinski definition) is 0. The average molecular weight is 366 g/mol. The van der Waals surface area contributed by atoms with Gasteiger partial charge in [0.15, 0.2) is 0 Å². The van der Waals surface area contributed by atoms with Crippen LogP contribution in [0.2, 0.25) is 0 Å². The van der Waals surface area contributed by atoms with Crippen molar-refractivity contribution in [3.05, 3.63) is 29.8 Å². The molecule has 2 aliphatic heterocycles. The van der Waals surface area contributed by atoms with Crippen LogP contribution in [-0.2, 0) is 16.1 Å². The van der Waals surface area contributed by atoms with Crippen molar-refractivity contribution in [2.45, 2.75) is 38.1 Å². The molecule has 7 heteroatoms. The Balaban J connectivity index is 1.39. The highest BCUT2D eigenvalue weighted by atomic mass is 19.3. The lowest BCUT2D eigenvalue weighted by Gasteiger charge is -2.22. The zero-order valence-corrected chi connectivity index (χ0v) is 14.8. The predicted octanol–water partition coefficient (Wildman–Crippen LogP) is 2.36. The van der Waals surface area contributed by atoms with Crippen molar-refractivity contribution in [2.24, 2.45) is 11.8 Å². The molecular weight excluding hydrogens is 342 g/mol. The molecule has 142 valence electrons. The van der Waals surface area contributed by atoms with Gasteiger partial charge in [-0.05, 0) is 36.5 Å². The Morgan fingerprint density at radius 1 is 1.27 bits per heavy atom.